The Morgan fingerprint density at radius 1 is 1.23 bits per heavy atom. The summed E-state index contributed by atoms with van der Waals surface area (Å²) in [7, 11) is 0. The van der Waals surface area contributed by atoms with Crippen LogP contribution in [0.4, 0.5) is 5.13 Å². The molecule has 9 heteroatoms. The van der Waals surface area contributed by atoms with Crippen LogP contribution in [-0.4, -0.2) is 45.6 Å². The van der Waals surface area contributed by atoms with Gasteiger partial charge in [-0.2, -0.15) is 0 Å². The van der Waals surface area contributed by atoms with Crippen LogP contribution < -0.4 is 5.32 Å². The van der Waals surface area contributed by atoms with Crippen LogP contribution >= 0.6 is 22.7 Å². The van der Waals surface area contributed by atoms with Crippen molar-refractivity contribution >= 4 is 43.9 Å². The van der Waals surface area contributed by atoms with Gasteiger partial charge in [-0.1, -0.05) is 28.7 Å². The smallest absolute Gasteiger partial charge is 0.240 e. The van der Waals surface area contributed by atoms with Gasteiger partial charge in [0.1, 0.15) is 5.01 Å². The van der Waals surface area contributed by atoms with Crippen LogP contribution in [0.25, 0.3) is 21.0 Å². The Morgan fingerprint density at radius 2 is 2.10 bits per heavy atom. The second-order valence-corrected chi connectivity index (χ2v) is 9.55. The molecule has 1 amide bonds. The molecule has 1 N–H and O–H groups in total. The third kappa shape index (κ3) is 4.14. The topological polar surface area (TPSA) is 84.2 Å². The van der Waals surface area contributed by atoms with Crippen molar-refractivity contribution in [1.29, 1.82) is 0 Å². The molecule has 0 bridgehead atoms. The number of hydrogen-bond donors (Lipinski definition) is 1. The summed E-state index contributed by atoms with van der Waals surface area (Å²) in [6, 6.07) is 9.88. The van der Waals surface area contributed by atoms with E-state index in [2.05, 4.69) is 38.4 Å². The molecule has 0 unspecified atom stereocenters. The van der Waals surface area contributed by atoms with E-state index in [9.17, 15) is 4.79 Å². The van der Waals surface area contributed by atoms with Gasteiger partial charge in [0, 0.05) is 5.92 Å². The molecule has 3 aromatic heterocycles. The molecule has 5 rings (SSSR count). The number of likely N-dealkylation sites (tertiary alicyclic amines) is 1. The molecule has 154 valence electrons. The number of furan rings is 1. The Bertz CT molecular complexity index is 1160. The molecule has 0 spiro atoms. The number of nitrogens with zero attached hydrogens (tertiary/aromatic N) is 4. The number of carbonyl (C=O) groups is 1. The SMILES string of the molecule is Cc1ccc2nc(NC(=O)CN3CCC(c4nnc(-c5ccco5)s4)CC3)sc2c1. The van der Waals surface area contributed by atoms with Gasteiger partial charge < -0.3 is 9.73 Å². The van der Waals surface area contributed by atoms with Crippen molar-refractivity contribution < 1.29 is 9.21 Å². The van der Waals surface area contributed by atoms with Gasteiger partial charge >= 0.3 is 0 Å². The third-order valence-electron chi connectivity index (χ3n) is 5.27. The van der Waals surface area contributed by atoms with Gasteiger partial charge in [-0.25, -0.2) is 4.98 Å². The highest BCUT2D eigenvalue weighted by atomic mass is 32.1. The van der Waals surface area contributed by atoms with Crippen LogP contribution in [0.5, 0.6) is 0 Å². The standard InChI is InChI=1S/C21H21N5O2S2/c1-13-4-5-15-17(11-13)29-21(22-15)23-18(27)12-26-8-6-14(7-9-26)19-24-25-20(30-19)16-3-2-10-28-16/h2-5,10-11,14H,6-9,12H2,1H3,(H,22,23,27). The molecule has 30 heavy (non-hydrogen) atoms. The van der Waals surface area contributed by atoms with Crippen molar-refractivity contribution in [3.05, 3.63) is 47.2 Å². The maximum absolute atomic E-state index is 12.5. The van der Waals surface area contributed by atoms with Crippen molar-refractivity contribution in [3.63, 3.8) is 0 Å². The second kappa shape index (κ2) is 8.25. The van der Waals surface area contributed by atoms with E-state index in [1.807, 2.05) is 24.3 Å². The molecule has 4 aromatic rings. The summed E-state index contributed by atoms with van der Waals surface area (Å²) < 4.78 is 6.50. The highest BCUT2D eigenvalue weighted by Crippen LogP contribution is 2.33. The van der Waals surface area contributed by atoms with Crippen LogP contribution in [0.1, 0.15) is 29.3 Å². The number of piperidine rings is 1. The highest BCUT2D eigenvalue weighted by molar-refractivity contribution is 7.22. The van der Waals surface area contributed by atoms with Crippen LogP contribution in [0.3, 0.4) is 0 Å². The van der Waals surface area contributed by atoms with E-state index in [0.29, 0.717) is 17.6 Å². The monoisotopic (exact) mass is 439 g/mol. The largest absolute Gasteiger partial charge is 0.462 e. The fourth-order valence-corrected chi connectivity index (χ4v) is 5.65. The van der Waals surface area contributed by atoms with Gasteiger partial charge in [-0.15, -0.1) is 10.2 Å². The number of carbonyl (C=O) groups excluding carboxylic acids is 1. The van der Waals surface area contributed by atoms with E-state index >= 15 is 0 Å². The number of fused-ring (bicyclic) bond motifs is 1. The van der Waals surface area contributed by atoms with Crippen molar-refractivity contribution in [2.24, 2.45) is 0 Å². The van der Waals surface area contributed by atoms with Gasteiger partial charge in [0.15, 0.2) is 15.9 Å². The predicted molar refractivity (Wildman–Crippen MR) is 119 cm³/mol. The Morgan fingerprint density at radius 3 is 2.90 bits per heavy atom. The van der Waals surface area contributed by atoms with Crippen LogP contribution in [0.15, 0.2) is 41.0 Å². The molecule has 0 saturated carbocycles. The van der Waals surface area contributed by atoms with E-state index in [1.54, 1.807) is 17.6 Å². The molecule has 1 aliphatic heterocycles. The van der Waals surface area contributed by atoms with E-state index in [4.69, 9.17) is 4.42 Å². The van der Waals surface area contributed by atoms with Crippen LogP contribution in [0, 0.1) is 6.92 Å². The quantitative estimate of drug-likeness (QED) is 0.492. The van der Waals surface area contributed by atoms with Gasteiger partial charge in [-0.3, -0.25) is 9.69 Å². The van der Waals surface area contributed by atoms with Crippen LogP contribution in [-0.2, 0) is 4.79 Å². The zero-order chi connectivity index (χ0) is 20.5. The Kier molecular flexibility index (Phi) is 5.32. The van der Waals surface area contributed by atoms with Gasteiger partial charge in [0.2, 0.25) is 5.91 Å². The average Bonchev–Trinajstić information content (AvgIpc) is 3.48. The number of thiazole rings is 1. The van der Waals surface area contributed by atoms with E-state index < -0.39 is 0 Å². The molecule has 4 heterocycles. The molecular weight excluding hydrogens is 418 g/mol. The number of anilines is 1. The number of benzene rings is 1. The Hall–Kier alpha value is -2.62. The lowest BCUT2D eigenvalue weighted by Gasteiger charge is -2.30. The maximum atomic E-state index is 12.5. The number of nitrogens with one attached hydrogen (secondary N) is 1. The summed E-state index contributed by atoms with van der Waals surface area (Å²) in [6.45, 7) is 4.18. The maximum Gasteiger partial charge on any atom is 0.240 e. The lowest BCUT2D eigenvalue weighted by Crippen LogP contribution is -2.38. The van der Waals surface area contributed by atoms with Gasteiger partial charge in [0.25, 0.3) is 0 Å². The highest BCUT2D eigenvalue weighted by Gasteiger charge is 2.25. The summed E-state index contributed by atoms with van der Waals surface area (Å²) in [4.78, 5) is 19.2. The first-order chi connectivity index (χ1) is 14.6. The number of rotatable bonds is 5. The predicted octanol–water partition coefficient (Wildman–Crippen LogP) is 4.53. The molecule has 0 aliphatic carbocycles. The van der Waals surface area contributed by atoms with Crippen molar-refractivity contribution in [2.75, 3.05) is 25.0 Å². The minimum absolute atomic E-state index is 0.0137. The van der Waals surface area contributed by atoms with Gasteiger partial charge in [-0.05, 0) is 62.7 Å². The summed E-state index contributed by atoms with van der Waals surface area (Å²) >= 11 is 3.11. The van der Waals surface area contributed by atoms with E-state index in [-0.39, 0.29) is 5.91 Å². The lowest BCUT2D eigenvalue weighted by molar-refractivity contribution is -0.117. The second-order valence-electron chi connectivity index (χ2n) is 7.51. The molecule has 1 aromatic carbocycles. The molecule has 1 fully saturated rings. The minimum atomic E-state index is -0.0137. The van der Waals surface area contributed by atoms with Crippen molar-refractivity contribution in [1.82, 2.24) is 20.1 Å². The van der Waals surface area contributed by atoms with Gasteiger partial charge in [0.05, 0.1) is 23.0 Å². The number of aryl methyl sites for hydroxylation is 1. The van der Waals surface area contributed by atoms with Crippen LogP contribution in [0.2, 0.25) is 0 Å². The first-order valence-corrected chi connectivity index (χ1v) is 11.5. The zero-order valence-electron chi connectivity index (χ0n) is 16.5. The van der Waals surface area contributed by atoms with E-state index in [0.717, 1.165) is 51.9 Å². The summed E-state index contributed by atoms with van der Waals surface area (Å²) in [5.41, 5.74) is 2.12. The number of amides is 1. The van der Waals surface area contributed by atoms with Crippen molar-refractivity contribution in [2.45, 2.75) is 25.7 Å². The average molecular weight is 440 g/mol. The Balaban J connectivity index is 1.14. The number of aromatic nitrogens is 3. The minimum Gasteiger partial charge on any atom is -0.462 e. The molecule has 1 saturated heterocycles. The Labute approximate surface area is 181 Å². The first kappa shape index (κ1) is 19.3. The molecule has 0 radical (unpaired) electrons. The molecule has 1 aliphatic rings. The summed E-state index contributed by atoms with van der Waals surface area (Å²) in [5.74, 6) is 1.14. The normalized spacial score (nSPS) is 15.6. The number of hydrogen-bond acceptors (Lipinski definition) is 8. The molecule has 7 nitrogen and oxygen atoms in total. The summed E-state index contributed by atoms with van der Waals surface area (Å²) in [5, 5.41) is 14.1. The van der Waals surface area contributed by atoms with E-state index in [1.165, 1.54) is 16.9 Å². The zero-order valence-corrected chi connectivity index (χ0v) is 18.1. The van der Waals surface area contributed by atoms with Crippen molar-refractivity contribution in [3.8, 4) is 10.8 Å². The fourth-order valence-electron chi connectivity index (χ4n) is 3.68. The molecular formula is C21H21N5O2S2. The third-order valence-corrected chi connectivity index (χ3v) is 7.30. The molecule has 0 atom stereocenters. The fraction of sp³-hybridized carbons (Fsp3) is 0.333. The lowest BCUT2D eigenvalue weighted by atomic mass is 9.98. The first-order valence-electron chi connectivity index (χ1n) is 9.91. The summed E-state index contributed by atoms with van der Waals surface area (Å²) in [6.07, 6.45) is 3.59.